The van der Waals surface area contributed by atoms with Crippen LogP contribution in [0.4, 0.5) is 0 Å². The first-order valence-corrected chi connectivity index (χ1v) is 8.46. The molecule has 0 unspecified atom stereocenters. The molecule has 0 bridgehead atoms. The molecule has 0 atom stereocenters. The summed E-state index contributed by atoms with van der Waals surface area (Å²) in [6.07, 6.45) is 0. The van der Waals surface area contributed by atoms with Gasteiger partial charge in [0.1, 0.15) is 0 Å². The third-order valence-corrected chi connectivity index (χ3v) is 5.54. The highest BCUT2D eigenvalue weighted by atomic mass is 32.2. The van der Waals surface area contributed by atoms with Gasteiger partial charge >= 0.3 is 0 Å². The maximum Gasteiger partial charge on any atom is 0.243 e. The van der Waals surface area contributed by atoms with E-state index in [2.05, 4.69) is 4.98 Å². The average molecular weight is 296 g/mol. The average Bonchev–Trinajstić information content (AvgIpc) is 2.94. The molecule has 2 rings (SSSR count). The molecule has 0 fully saturated rings. The molecule has 0 aliphatic carbocycles. The molecule has 0 spiro atoms. The minimum absolute atomic E-state index is 0.321. The van der Waals surface area contributed by atoms with Crippen LogP contribution in [-0.4, -0.2) is 30.8 Å². The molecule has 1 aromatic heterocycles. The first-order chi connectivity index (χ1) is 9.09. The van der Waals surface area contributed by atoms with Crippen molar-refractivity contribution in [1.82, 2.24) is 9.29 Å². The molecule has 0 saturated carbocycles. The number of thiazole rings is 1. The van der Waals surface area contributed by atoms with Gasteiger partial charge in [0.2, 0.25) is 10.0 Å². The van der Waals surface area contributed by atoms with Crippen molar-refractivity contribution in [2.24, 2.45) is 0 Å². The van der Waals surface area contributed by atoms with Crippen LogP contribution in [0, 0.1) is 0 Å². The molecular formula is C13H16N2O2S2. The highest BCUT2D eigenvalue weighted by Crippen LogP contribution is 2.24. The van der Waals surface area contributed by atoms with E-state index in [9.17, 15) is 8.42 Å². The van der Waals surface area contributed by atoms with Gasteiger partial charge in [-0.05, 0) is 12.1 Å². The lowest BCUT2D eigenvalue weighted by Gasteiger charge is -2.18. The molecule has 19 heavy (non-hydrogen) atoms. The number of hydrogen-bond acceptors (Lipinski definition) is 4. The van der Waals surface area contributed by atoms with E-state index >= 15 is 0 Å². The molecule has 0 amide bonds. The largest absolute Gasteiger partial charge is 0.245 e. The van der Waals surface area contributed by atoms with Crippen LogP contribution in [0.1, 0.15) is 13.8 Å². The lowest BCUT2D eigenvalue weighted by molar-refractivity contribution is 0.445. The van der Waals surface area contributed by atoms with Crippen LogP contribution in [0.15, 0.2) is 40.1 Å². The molecular weight excluding hydrogens is 280 g/mol. The zero-order chi connectivity index (χ0) is 13.9. The van der Waals surface area contributed by atoms with Crippen LogP contribution < -0.4 is 0 Å². The normalized spacial score (nSPS) is 11.9. The van der Waals surface area contributed by atoms with Gasteiger partial charge in [-0.2, -0.15) is 4.31 Å². The Balaban J connectivity index is 2.44. The van der Waals surface area contributed by atoms with Gasteiger partial charge in [-0.1, -0.05) is 26.0 Å². The van der Waals surface area contributed by atoms with Gasteiger partial charge in [0.05, 0.1) is 16.1 Å². The van der Waals surface area contributed by atoms with Crippen LogP contribution in [-0.2, 0) is 10.0 Å². The first-order valence-electron chi connectivity index (χ1n) is 6.08. The minimum Gasteiger partial charge on any atom is -0.245 e. The van der Waals surface area contributed by atoms with Crippen molar-refractivity contribution in [3.63, 3.8) is 0 Å². The molecule has 6 heteroatoms. The summed E-state index contributed by atoms with van der Waals surface area (Å²) in [5.74, 6) is 0. The van der Waals surface area contributed by atoms with Gasteiger partial charge in [-0.25, -0.2) is 13.4 Å². The Morgan fingerprint density at radius 1 is 1.26 bits per heavy atom. The second kappa shape index (κ2) is 5.81. The fourth-order valence-corrected chi connectivity index (χ4v) is 3.95. The molecule has 102 valence electrons. The van der Waals surface area contributed by atoms with Crippen molar-refractivity contribution in [2.75, 3.05) is 13.1 Å². The lowest BCUT2D eigenvalue weighted by Crippen LogP contribution is -2.30. The van der Waals surface area contributed by atoms with Crippen LogP contribution in [0.5, 0.6) is 0 Å². The summed E-state index contributed by atoms with van der Waals surface area (Å²) in [6.45, 7) is 4.62. The summed E-state index contributed by atoms with van der Waals surface area (Å²) >= 11 is 1.49. The molecule has 0 aliphatic rings. The predicted octanol–water partition coefficient (Wildman–Crippen LogP) is 2.84. The van der Waals surface area contributed by atoms with Gasteiger partial charge in [0, 0.05) is 24.0 Å². The number of nitrogens with zero attached hydrogens (tertiary/aromatic N) is 2. The standard InChI is InChI=1S/C13H16N2O2S2/c1-3-15(4-2)19(16,17)12-7-5-6-11(8-12)13-9-18-10-14-13/h5-10H,3-4H2,1-2H3. The van der Waals surface area contributed by atoms with Gasteiger partial charge in [0.25, 0.3) is 0 Å². The fourth-order valence-electron chi connectivity index (χ4n) is 1.88. The van der Waals surface area contributed by atoms with E-state index in [1.165, 1.54) is 15.6 Å². The second-order valence-corrected chi connectivity index (χ2v) is 6.65. The summed E-state index contributed by atoms with van der Waals surface area (Å²) in [5.41, 5.74) is 3.37. The quantitative estimate of drug-likeness (QED) is 0.852. The van der Waals surface area contributed by atoms with Crippen molar-refractivity contribution in [3.8, 4) is 11.3 Å². The highest BCUT2D eigenvalue weighted by Gasteiger charge is 2.21. The van der Waals surface area contributed by atoms with Crippen molar-refractivity contribution in [1.29, 1.82) is 0 Å². The SMILES string of the molecule is CCN(CC)S(=O)(=O)c1cccc(-c2cscn2)c1. The lowest BCUT2D eigenvalue weighted by atomic mass is 10.2. The third-order valence-electron chi connectivity index (χ3n) is 2.91. The van der Waals surface area contributed by atoms with Crippen LogP contribution in [0.25, 0.3) is 11.3 Å². The Hall–Kier alpha value is -1.24. The minimum atomic E-state index is -3.41. The highest BCUT2D eigenvalue weighted by molar-refractivity contribution is 7.89. The Morgan fingerprint density at radius 2 is 2.00 bits per heavy atom. The third kappa shape index (κ3) is 2.86. The molecule has 4 nitrogen and oxygen atoms in total. The second-order valence-electron chi connectivity index (χ2n) is 3.99. The molecule has 1 heterocycles. The zero-order valence-electron chi connectivity index (χ0n) is 10.9. The first kappa shape index (κ1) is 14.2. The summed E-state index contributed by atoms with van der Waals surface area (Å²) in [5, 5.41) is 1.91. The molecule has 0 N–H and O–H groups in total. The van der Waals surface area contributed by atoms with Gasteiger partial charge < -0.3 is 0 Å². The van der Waals surface area contributed by atoms with Crippen LogP contribution >= 0.6 is 11.3 Å². The van der Waals surface area contributed by atoms with Crippen molar-refractivity contribution < 1.29 is 8.42 Å². The maximum absolute atomic E-state index is 12.4. The van der Waals surface area contributed by atoms with E-state index in [0.29, 0.717) is 18.0 Å². The monoisotopic (exact) mass is 296 g/mol. The Labute approximate surface area is 117 Å². The fraction of sp³-hybridized carbons (Fsp3) is 0.308. The van der Waals surface area contributed by atoms with Crippen LogP contribution in [0.2, 0.25) is 0 Å². The smallest absolute Gasteiger partial charge is 0.243 e. The number of hydrogen-bond donors (Lipinski definition) is 0. The number of rotatable bonds is 5. The summed E-state index contributed by atoms with van der Waals surface area (Å²) in [7, 11) is -3.41. The van der Waals surface area contributed by atoms with Gasteiger partial charge in [0.15, 0.2) is 0 Å². The topological polar surface area (TPSA) is 50.3 Å². The van der Waals surface area contributed by atoms with E-state index in [1.807, 2.05) is 25.3 Å². The molecule has 0 saturated heterocycles. The van der Waals surface area contributed by atoms with E-state index in [0.717, 1.165) is 11.3 Å². The maximum atomic E-state index is 12.4. The van der Waals surface area contributed by atoms with E-state index < -0.39 is 10.0 Å². The molecule has 0 radical (unpaired) electrons. The van der Waals surface area contributed by atoms with Crippen LogP contribution in [0.3, 0.4) is 0 Å². The Kier molecular flexibility index (Phi) is 4.34. The van der Waals surface area contributed by atoms with Gasteiger partial charge in [-0.15, -0.1) is 11.3 Å². The Bertz CT molecular complexity index is 632. The molecule has 2 aromatic rings. The van der Waals surface area contributed by atoms with Gasteiger partial charge in [-0.3, -0.25) is 0 Å². The number of aromatic nitrogens is 1. The summed E-state index contributed by atoms with van der Waals surface area (Å²) in [4.78, 5) is 4.53. The zero-order valence-corrected chi connectivity index (χ0v) is 12.5. The molecule has 1 aromatic carbocycles. The number of sulfonamides is 1. The predicted molar refractivity (Wildman–Crippen MR) is 77.7 cm³/mol. The van der Waals surface area contributed by atoms with Crippen molar-refractivity contribution in [3.05, 3.63) is 35.2 Å². The molecule has 0 aliphatic heterocycles. The number of benzene rings is 1. The van der Waals surface area contributed by atoms with E-state index in [4.69, 9.17) is 0 Å². The summed E-state index contributed by atoms with van der Waals surface area (Å²) < 4.78 is 26.3. The summed E-state index contributed by atoms with van der Waals surface area (Å²) in [6, 6.07) is 6.94. The van der Waals surface area contributed by atoms with E-state index in [1.54, 1.807) is 23.7 Å². The van der Waals surface area contributed by atoms with Crippen molar-refractivity contribution >= 4 is 21.4 Å². The van der Waals surface area contributed by atoms with Crippen molar-refractivity contribution in [2.45, 2.75) is 18.7 Å². The Morgan fingerprint density at radius 3 is 2.58 bits per heavy atom. The van der Waals surface area contributed by atoms with E-state index in [-0.39, 0.29) is 0 Å².